The average molecular weight is 430 g/mol. The minimum absolute atomic E-state index is 0.0342. The number of halogens is 2. The van der Waals surface area contributed by atoms with Crippen molar-refractivity contribution >= 4 is 17.5 Å². The Balaban J connectivity index is 1.90. The minimum atomic E-state index is -1.03. The Bertz CT molecular complexity index is 944. The Morgan fingerprint density at radius 3 is 2.67 bits per heavy atom. The summed E-state index contributed by atoms with van der Waals surface area (Å²) in [6.07, 6.45) is 7.22. The SMILES string of the molecule is C#CCOC(C(=O)NCCc1ccc(OCC#COC)cc1)c1ccc(Cl)c(F)c1. The Labute approximate surface area is 180 Å². The third-order valence-electron chi connectivity index (χ3n) is 3.94. The molecule has 0 radical (unpaired) electrons. The van der Waals surface area contributed by atoms with Crippen molar-refractivity contribution < 1.29 is 23.4 Å². The first-order valence-corrected chi connectivity index (χ1v) is 9.43. The van der Waals surface area contributed by atoms with Crippen LogP contribution in [0.3, 0.4) is 0 Å². The summed E-state index contributed by atoms with van der Waals surface area (Å²) in [6.45, 7) is 0.510. The van der Waals surface area contributed by atoms with Crippen LogP contribution in [0, 0.1) is 30.2 Å². The van der Waals surface area contributed by atoms with Gasteiger partial charge in [-0.15, -0.1) is 6.42 Å². The number of ether oxygens (including phenoxy) is 3. The van der Waals surface area contributed by atoms with E-state index in [-0.39, 0.29) is 18.2 Å². The number of rotatable bonds is 9. The van der Waals surface area contributed by atoms with E-state index in [1.165, 1.54) is 25.3 Å². The van der Waals surface area contributed by atoms with Gasteiger partial charge in [0.1, 0.15) is 24.3 Å². The molecule has 1 N–H and O–H groups in total. The Kier molecular flexibility index (Phi) is 9.54. The van der Waals surface area contributed by atoms with E-state index in [0.717, 1.165) is 5.56 Å². The van der Waals surface area contributed by atoms with E-state index in [1.807, 2.05) is 24.3 Å². The molecule has 1 atom stereocenters. The topological polar surface area (TPSA) is 56.8 Å². The van der Waals surface area contributed by atoms with Crippen molar-refractivity contribution in [2.45, 2.75) is 12.5 Å². The van der Waals surface area contributed by atoms with Gasteiger partial charge in [0.25, 0.3) is 5.91 Å². The normalized spacial score (nSPS) is 10.9. The van der Waals surface area contributed by atoms with Crippen molar-refractivity contribution in [3.63, 3.8) is 0 Å². The van der Waals surface area contributed by atoms with Crippen LogP contribution in [0.25, 0.3) is 0 Å². The van der Waals surface area contributed by atoms with E-state index >= 15 is 0 Å². The van der Waals surface area contributed by atoms with Crippen molar-refractivity contribution in [2.24, 2.45) is 0 Å². The lowest BCUT2D eigenvalue weighted by Crippen LogP contribution is -2.32. The summed E-state index contributed by atoms with van der Waals surface area (Å²) in [7, 11) is 1.48. The molecule has 0 heterocycles. The summed E-state index contributed by atoms with van der Waals surface area (Å²) in [5, 5.41) is 2.75. The molecule has 156 valence electrons. The van der Waals surface area contributed by atoms with E-state index in [1.54, 1.807) is 0 Å². The molecule has 2 aromatic carbocycles. The van der Waals surface area contributed by atoms with Crippen LogP contribution in [-0.4, -0.2) is 32.8 Å². The molecule has 0 saturated heterocycles. The fourth-order valence-electron chi connectivity index (χ4n) is 2.53. The van der Waals surface area contributed by atoms with Gasteiger partial charge >= 0.3 is 0 Å². The molecule has 5 nitrogen and oxygen atoms in total. The molecule has 2 aromatic rings. The fourth-order valence-corrected chi connectivity index (χ4v) is 2.64. The molecule has 0 spiro atoms. The van der Waals surface area contributed by atoms with E-state index in [4.69, 9.17) is 27.5 Å². The molecule has 1 unspecified atom stereocenters. The monoisotopic (exact) mass is 429 g/mol. The quantitative estimate of drug-likeness (QED) is 0.620. The van der Waals surface area contributed by atoms with Crippen LogP contribution >= 0.6 is 11.6 Å². The van der Waals surface area contributed by atoms with E-state index in [2.05, 4.69) is 28.0 Å². The maximum atomic E-state index is 13.8. The van der Waals surface area contributed by atoms with E-state index < -0.39 is 17.8 Å². The smallest absolute Gasteiger partial charge is 0.253 e. The second-order valence-electron chi connectivity index (χ2n) is 6.03. The number of methoxy groups -OCH3 is 1. The zero-order valence-electron chi connectivity index (χ0n) is 16.4. The largest absolute Gasteiger partial charge is 0.481 e. The highest BCUT2D eigenvalue weighted by molar-refractivity contribution is 6.30. The van der Waals surface area contributed by atoms with Crippen molar-refractivity contribution in [3.05, 3.63) is 64.4 Å². The lowest BCUT2D eigenvalue weighted by atomic mass is 10.1. The molecule has 2 rings (SSSR count). The average Bonchev–Trinajstić information content (AvgIpc) is 2.75. The van der Waals surface area contributed by atoms with Gasteiger partial charge in [-0.25, -0.2) is 4.39 Å². The van der Waals surface area contributed by atoms with Crippen LogP contribution in [0.15, 0.2) is 42.5 Å². The zero-order chi connectivity index (χ0) is 21.8. The number of nitrogens with one attached hydrogen (secondary N) is 1. The molecule has 0 aliphatic rings. The highest BCUT2D eigenvalue weighted by Gasteiger charge is 2.22. The van der Waals surface area contributed by atoms with Crippen molar-refractivity contribution in [3.8, 4) is 30.1 Å². The first-order chi connectivity index (χ1) is 14.5. The highest BCUT2D eigenvalue weighted by Crippen LogP contribution is 2.23. The number of carbonyl (C=O) groups is 1. The molecule has 7 heteroatoms. The van der Waals surface area contributed by atoms with E-state index in [0.29, 0.717) is 24.3 Å². The third kappa shape index (κ3) is 7.33. The van der Waals surface area contributed by atoms with Gasteiger partial charge in [-0.3, -0.25) is 4.79 Å². The molecule has 1 amide bonds. The van der Waals surface area contributed by atoms with Gasteiger partial charge in [0.05, 0.1) is 12.1 Å². The van der Waals surface area contributed by atoms with Crippen molar-refractivity contribution in [1.29, 1.82) is 0 Å². The lowest BCUT2D eigenvalue weighted by Gasteiger charge is -2.17. The van der Waals surface area contributed by atoms with Gasteiger partial charge in [-0.05, 0) is 47.7 Å². The van der Waals surface area contributed by atoms with Crippen LogP contribution in [-0.2, 0) is 20.7 Å². The van der Waals surface area contributed by atoms with Gasteiger partial charge in [0.15, 0.2) is 12.7 Å². The molecular formula is C23H21ClFNO4. The highest BCUT2D eigenvalue weighted by atomic mass is 35.5. The summed E-state index contributed by atoms with van der Waals surface area (Å²) in [6, 6.07) is 11.5. The van der Waals surface area contributed by atoms with Gasteiger partial charge in [0, 0.05) is 6.54 Å². The summed E-state index contributed by atoms with van der Waals surface area (Å²) in [5.74, 6) is 4.64. The van der Waals surface area contributed by atoms with Gasteiger partial charge in [-0.1, -0.05) is 35.7 Å². The Morgan fingerprint density at radius 2 is 2.00 bits per heavy atom. The second kappa shape index (κ2) is 12.4. The van der Waals surface area contributed by atoms with Gasteiger partial charge < -0.3 is 19.5 Å². The third-order valence-corrected chi connectivity index (χ3v) is 4.25. The molecule has 0 fully saturated rings. The molecule has 0 aliphatic carbocycles. The Morgan fingerprint density at radius 1 is 1.23 bits per heavy atom. The molecule has 0 aliphatic heterocycles. The van der Waals surface area contributed by atoms with Crippen LogP contribution in [0.5, 0.6) is 5.75 Å². The number of terminal acetylenes is 1. The van der Waals surface area contributed by atoms with Crippen LogP contribution < -0.4 is 10.1 Å². The molecule has 0 saturated carbocycles. The van der Waals surface area contributed by atoms with Crippen LogP contribution in [0.4, 0.5) is 4.39 Å². The maximum Gasteiger partial charge on any atom is 0.253 e. The van der Waals surface area contributed by atoms with Gasteiger partial charge in [0.2, 0.25) is 0 Å². The number of amides is 1. The minimum Gasteiger partial charge on any atom is -0.481 e. The summed E-state index contributed by atoms with van der Waals surface area (Å²) >= 11 is 5.70. The predicted octanol–water partition coefficient (Wildman–Crippen LogP) is 3.52. The van der Waals surface area contributed by atoms with E-state index in [9.17, 15) is 9.18 Å². The summed E-state index contributed by atoms with van der Waals surface area (Å²) < 4.78 is 29.2. The van der Waals surface area contributed by atoms with Crippen LogP contribution in [0.2, 0.25) is 5.02 Å². The maximum absolute atomic E-state index is 13.8. The predicted molar refractivity (Wildman–Crippen MR) is 112 cm³/mol. The van der Waals surface area contributed by atoms with Crippen molar-refractivity contribution in [1.82, 2.24) is 5.32 Å². The molecule has 0 bridgehead atoms. The number of hydrogen-bond donors (Lipinski definition) is 1. The summed E-state index contributed by atoms with van der Waals surface area (Å²) in [4.78, 5) is 12.6. The number of hydrogen-bond acceptors (Lipinski definition) is 4. The molecule has 0 aromatic heterocycles. The second-order valence-corrected chi connectivity index (χ2v) is 6.43. The summed E-state index contributed by atoms with van der Waals surface area (Å²) in [5.41, 5.74) is 1.34. The molecule has 30 heavy (non-hydrogen) atoms. The fraction of sp³-hybridized carbons (Fsp3) is 0.261. The van der Waals surface area contributed by atoms with Crippen LogP contribution in [0.1, 0.15) is 17.2 Å². The number of carbonyl (C=O) groups excluding carboxylic acids is 1. The zero-order valence-corrected chi connectivity index (χ0v) is 17.2. The first-order valence-electron chi connectivity index (χ1n) is 9.05. The first kappa shape index (κ1) is 23.1. The van der Waals surface area contributed by atoms with Crippen molar-refractivity contribution in [2.75, 3.05) is 26.9 Å². The lowest BCUT2D eigenvalue weighted by molar-refractivity contribution is -0.132. The number of benzene rings is 2. The molecular weight excluding hydrogens is 409 g/mol. The Hall–Kier alpha value is -3.19. The van der Waals surface area contributed by atoms with Gasteiger partial charge in [-0.2, -0.15) is 0 Å². The standard InChI is InChI=1S/C23H21ClFNO4/c1-3-13-30-22(18-7-10-20(24)21(25)16-18)23(27)26-12-11-17-5-8-19(9-6-17)29-15-4-14-28-2/h1,5-10,16,22H,11-13,15H2,2H3,(H,26,27).